The molecule has 2 aromatic heterocycles. The van der Waals surface area contributed by atoms with E-state index < -0.39 is 0 Å². The van der Waals surface area contributed by atoms with E-state index >= 15 is 0 Å². The molecule has 162 valence electrons. The number of amides is 2. The molecule has 9 nitrogen and oxygen atoms in total. The van der Waals surface area contributed by atoms with Gasteiger partial charge in [0.15, 0.2) is 11.5 Å². The third-order valence-corrected chi connectivity index (χ3v) is 6.03. The summed E-state index contributed by atoms with van der Waals surface area (Å²) in [6.07, 6.45) is 3.92. The van der Waals surface area contributed by atoms with E-state index in [1.54, 1.807) is 19.2 Å². The van der Waals surface area contributed by atoms with Crippen LogP contribution in [0.3, 0.4) is 0 Å². The molecule has 2 aromatic rings. The average molecular weight is 415 g/mol. The molecule has 4 rings (SSSR count). The molecule has 2 fully saturated rings. The fourth-order valence-corrected chi connectivity index (χ4v) is 4.31. The summed E-state index contributed by atoms with van der Waals surface area (Å²) in [5.41, 5.74) is 1.24. The zero-order valence-electron chi connectivity index (χ0n) is 17.9. The highest BCUT2D eigenvalue weighted by Crippen LogP contribution is 2.27. The molecule has 9 heteroatoms. The van der Waals surface area contributed by atoms with Crippen molar-refractivity contribution >= 4 is 17.5 Å². The van der Waals surface area contributed by atoms with E-state index in [4.69, 9.17) is 4.74 Å². The molecule has 0 spiro atoms. The molecule has 0 aliphatic carbocycles. The van der Waals surface area contributed by atoms with Gasteiger partial charge in [0, 0.05) is 51.9 Å². The van der Waals surface area contributed by atoms with Crippen LogP contribution in [0, 0.1) is 0 Å². The third-order valence-electron chi connectivity index (χ3n) is 6.03. The van der Waals surface area contributed by atoms with Crippen molar-refractivity contribution in [3.63, 3.8) is 0 Å². The average Bonchev–Trinajstić information content (AvgIpc) is 3.40. The van der Waals surface area contributed by atoms with Crippen molar-refractivity contribution in [2.24, 2.45) is 0 Å². The van der Waals surface area contributed by atoms with Gasteiger partial charge in [-0.25, -0.2) is 0 Å². The van der Waals surface area contributed by atoms with Crippen LogP contribution in [0.15, 0.2) is 18.3 Å². The Bertz CT molecular complexity index is 921. The first-order valence-corrected chi connectivity index (χ1v) is 10.7. The molecular formula is C21H30N6O3. The van der Waals surface area contributed by atoms with Gasteiger partial charge in [-0.3, -0.25) is 18.9 Å². The summed E-state index contributed by atoms with van der Waals surface area (Å²) in [6.45, 7) is 9.21. The number of fused-ring (bicyclic) bond motifs is 1. The zero-order valence-corrected chi connectivity index (χ0v) is 17.9. The fraction of sp³-hybridized carbons (Fsp3) is 0.619. The maximum atomic E-state index is 12.7. The number of piperazine rings is 1. The van der Waals surface area contributed by atoms with Gasteiger partial charge in [-0.05, 0) is 38.8 Å². The number of aromatic nitrogens is 3. The Labute approximate surface area is 176 Å². The SMILES string of the molecule is CC(=O)N1CCN(C(C)C)C(c2nnc3ccc(C(=O)NCC4CCCO4)cn23)C1. The minimum atomic E-state index is -0.137. The molecule has 0 bridgehead atoms. The van der Waals surface area contributed by atoms with Crippen molar-refractivity contribution < 1.29 is 14.3 Å². The Morgan fingerprint density at radius 1 is 1.27 bits per heavy atom. The summed E-state index contributed by atoms with van der Waals surface area (Å²) in [5, 5.41) is 11.7. The van der Waals surface area contributed by atoms with Gasteiger partial charge in [-0.2, -0.15) is 0 Å². The van der Waals surface area contributed by atoms with Crippen molar-refractivity contribution in [1.29, 1.82) is 0 Å². The van der Waals surface area contributed by atoms with E-state index in [1.807, 2.05) is 15.4 Å². The van der Waals surface area contributed by atoms with Gasteiger partial charge >= 0.3 is 0 Å². The van der Waals surface area contributed by atoms with Crippen LogP contribution in [0.4, 0.5) is 0 Å². The van der Waals surface area contributed by atoms with E-state index in [-0.39, 0.29) is 24.0 Å². The second-order valence-corrected chi connectivity index (χ2v) is 8.36. The van der Waals surface area contributed by atoms with Crippen LogP contribution in [0.25, 0.3) is 5.65 Å². The van der Waals surface area contributed by atoms with Crippen LogP contribution >= 0.6 is 0 Å². The number of pyridine rings is 1. The van der Waals surface area contributed by atoms with E-state index in [0.717, 1.165) is 31.8 Å². The Morgan fingerprint density at radius 2 is 2.10 bits per heavy atom. The van der Waals surface area contributed by atoms with Crippen LogP contribution < -0.4 is 5.32 Å². The predicted octanol–water partition coefficient (Wildman–Crippen LogP) is 1.25. The smallest absolute Gasteiger partial charge is 0.252 e. The molecule has 30 heavy (non-hydrogen) atoms. The molecule has 0 saturated carbocycles. The standard InChI is InChI=1S/C21H30N6O3/c1-14(2)26-9-8-25(15(3)28)13-18(26)20-24-23-19-7-6-16(12-27(19)20)21(29)22-11-17-5-4-10-30-17/h6-7,12,14,17-18H,4-5,8-11,13H2,1-3H3,(H,22,29). The van der Waals surface area contributed by atoms with Crippen molar-refractivity contribution in [1.82, 2.24) is 29.7 Å². The second kappa shape index (κ2) is 8.69. The number of rotatable bonds is 5. The van der Waals surface area contributed by atoms with Crippen molar-refractivity contribution in [2.45, 2.75) is 51.8 Å². The summed E-state index contributed by atoms with van der Waals surface area (Å²) in [6, 6.07) is 3.79. The molecule has 2 aliphatic rings. The molecule has 2 unspecified atom stereocenters. The molecule has 2 atom stereocenters. The molecule has 2 saturated heterocycles. The summed E-state index contributed by atoms with van der Waals surface area (Å²) >= 11 is 0. The van der Waals surface area contributed by atoms with Gasteiger partial charge in [-0.1, -0.05) is 0 Å². The lowest BCUT2D eigenvalue weighted by Crippen LogP contribution is -2.52. The summed E-state index contributed by atoms with van der Waals surface area (Å²) in [4.78, 5) is 28.8. The minimum Gasteiger partial charge on any atom is -0.376 e. The number of ether oxygens (including phenoxy) is 1. The maximum absolute atomic E-state index is 12.7. The lowest BCUT2D eigenvalue weighted by molar-refractivity contribution is -0.132. The van der Waals surface area contributed by atoms with E-state index in [9.17, 15) is 9.59 Å². The number of carbonyl (C=O) groups excluding carboxylic acids is 2. The number of hydrogen-bond acceptors (Lipinski definition) is 6. The first-order valence-electron chi connectivity index (χ1n) is 10.7. The Hall–Kier alpha value is -2.52. The summed E-state index contributed by atoms with van der Waals surface area (Å²) < 4.78 is 7.46. The Morgan fingerprint density at radius 3 is 2.80 bits per heavy atom. The quantitative estimate of drug-likeness (QED) is 0.792. The minimum absolute atomic E-state index is 0.0615. The van der Waals surface area contributed by atoms with Crippen LogP contribution in [-0.2, 0) is 9.53 Å². The van der Waals surface area contributed by atoms with Gasteiger partial charge in [0.05, 0.1) is 17.7 Å². The van der Waals surface area contributed by atoms with Crippen LogP contribution in [0.1, 0.15) is 55.8 Å². The lowest BCUT2D eigenvalue weighted by atomic mass is 10.1. The fourth-order valence-electron chi connectivity index (χ4n) is 4.31. The van der Waals surface area contributed by atoms with Crippen molar-refractivity contribution in [2.75, 3.05) is 32.8 Å². The highest BCUT2D eigenvalue weighted by Gasteiger charge is 2.34. The van der Waals surface area contributed by atoms with Gasteiger partial charge < -0.3 is 15.0 Å². The first-order chi connectivity index (χ1) is 14.4. The molecule has 2 aliphatic heterocycles. The van der Waals surface area contributed by atoms with Crippen molar-refractivity contribution in [3.05, 3.63) is 29.7 Å². The highest BCUT2D eigenvalue weighted by atomic mass is 16.5. The van der Waals surface area contributed by atoms with Crippen LogP contribution in [-0.4, -0.2) is 81.1 Å². The lowest BCUT2D eigenvalue weighted by Gasteiger charge is -2.42. The van der Waals surface area contributed by atoms with E-state index in [0.29, 0.717) is 36.9 Å². The number of hydrogen-bond donors (Lipinski definition) is 1. The van der Waals surface area contributed by atoms with Crippen LogP contribution in [0.2, 0.25) is 0 Å². The Balaban J connectivity index is 1.59. The zero-order chi connectivity index (χ0) is 21.3. The van der Waals surface area contributed by atoms with Gasteiger partial charge in [0.1, 0.15) is 0 Å². The summed E-state index contributed by atoms with van der Waals surface area (Å²) in [5.74, 6) is 0.673. The third kappa shape index (κ3) is 4.17. The largest absolute Gasteiger partial charge is 0.376 e. The molecule has 4 heterocycles. The summed E-state index contributed by atoms with van der Waals surface area (Å²) in [7, 11) is 0. The number of carbonyl (C=O) groups is 2. The molecule has 0 radical (unpaired) electrons. The highest BCUT2D eigenvalue weighted by molar-refractivity contribution is 5.94. The number of nitrogens with one attached hydrogen (secondary N) is 1. The molecule has 1 N–H and O–H groups in total. The van der Waals surface area contributed by atoms with Crippen LogP contribution in [0.5, 0.6) is 0 Å². The maximum Gasteiger partial charge on any atom is 0.252 e. The van der Waals surface area contributed by atoms with Gasteiger partial charge in [-0.15, -0.1) is 10.2 Å². The van der Waals surface area contributed by atoms with E-state index in [1.165, 1.54) is 0 Å². The molecular weight excluding hydrogens is 384 g/mol. The molecule has 0 aromatic carbocycles. The van der Waals surface area contributed by atoms with Gasteiger partial charge in [0.25, 0.3) is 5.91 Å². The molecule has 2 amide bonds. The Kier molecular flexibility index (Phi) is 6.01. The van der Waals surface area contributed by atoms with Crippen molar-refractivity contribution in [3.8, 4) is 0 Å². The topological polar surface area (TPSA) is 92.1 Å². The normalized spacial score (nSPS) is 22.7. The number of nitrogens with zero attached hydrogens (tertiary/aromatic N) is 5. The first kappa shape index (κ1) is 20.7. The van der Waals surface area contributed by atoms with Gasteiger partial charge in [0.2, 0.25) is 5.91 Å². The monoisotopic (exact) mass is 414 g/mol. The second-order valence-electron chi connectivity index (χ2n) is 8.36. The predicted molar refractivity (Wildman–Crippen MR) is 111 cm³/mol. The van der Waals surface area contributed by atoms with E-state index in [2.05, 4.69) is 34.3 Å².